The minimum Gasteiger partial charge on any atom is -0.378 e. The van der Waals surface area contributed by atoms with E-state index in [0.29, 0.717) is 13.1 Å². The number of anilines is 2. The number of rotatable bonds is 8. The van der Waals surface area contributed by atoms with Gasteiger partial charge in [0.2, 0.25) is 0 Å². The molecule has 0 aliphatic carbocycles. The molecular weight excluding hydrogens is 430 g/mol. The molecule has 7 heteroatoms. The fourth-order valence-electron chi connectivity index (χ4n) is 4.22. The van der Waals surface area contributed by atoms with Gasteiger partial charge in [-0.25, -0.2) is 4.79 Å². The van der Waals surface area contributed by atoms with Crippen molar-refractivity contribution < 1.29 is 4.79 Å². The van der Waals surface area contributed by atoms with E-state index in [0.717, 1.165) is 31.1 Å². The predicted octanol–water partition coefficient (Wildman–Crippen LogP) is 4.18. The zero-order valence-electron chi connectivity index (χ0n) is 19.4. The SMILES string of the molecule is CN(C)c1ccc(C(CNC(=O)NCc2cccs2)N2CCN(c3ccccc3)CC2)cc1. The number of hydrogen-bond donors (Lipinski definition) is 2. The van der Waals surface area contributed by atoms with Crippen LogP contribution in [0.15, 0.2) is 72.1 Å². The summed E-state index contributed by atoms with van der Waals surface area (Å²) in [7, 11) is 4.10. The first kappa shape index (κ1) is 23.1. The first-order valence-electron chi connectivity index (χ1n) is 11.5. The van der Waals surface area contributed by atoms with Crippen molar-refractivity contribution in [3.05, 3.63) is 82.6 Å². The molecule has 2 heterocycles. The Morgan fingerprint density at radius 2 is 1.67 bits per heavy atom. The molecule has 1 atom stereocenters. The summed E-state index contributed by atoms with van der Waals surface area (Å²) in [5.41, 5.74) is 3.68. The van der Waals surface area contributed by atoms with Crippen LogP contribution in [0.5, 0.6) is 0 Å². The molecule has 1 aliphatic heterocycles. The van der Waals surface area contributed by atoms with Gasteiger partial charge in [-0.3, -0.25) is 4.90 Å². The van der Waals surface area contributed by atoms with Crippen molar-refractivity contribution in [2.75, 3.05) is 56.6 Å². The van der Waals surface area contributed by atoms with Crippen LogP contribution in [0.3, 0.4) is 0 Å². The number of nitrogens with one attached hydrogen (secondary N) is 2. The number of carbonyl (C=O) groups excluding carboxylic acids is 1. The van der Waals surface area contributed by atoms with Crippen LogP contribution in [0.25, 0.3) is 0 Å². The lowest BCUT2D eigenvalue weighted by Crippen LogP contribution is -2.50. The number of hydrogen-bond acceptors (Lipinski definition) is 5. The molecule has 2 aromatic carbocycles. The lowest BCUT2D eigenvalue weighted by atomic mass is 10.0. The highest BCUT2D eigenvalue weighted by Crippen LogP contribution is 2.25. The summed E-state index contributed by atoms with van der Waals surface area (Å²) >= 11 is 1.65. The van der Waals surface area contributed by atoms with E-state index >= 15 is 0 Å². The van der Waals surface area contributed by atoms with Crippen molar-refractivity contribution in [2.24, 2.45) is 0 Å². The topological polar surface area (TPSA) is 50.9 Å². The molecule has 1 unspecified atom stereocenters. The van der Waals surface area contributed by atoms with Crippen LogP contribution in [-0.2, 0) is 6.54 Å². The number of benzene rings is 2. The molecule has 1 fully saturated rings. The number of nitrogens with zero attached hydrogens (tertiary/aromatic N) is 3. The molecule has 4 rings (SSSR count). The molecule has 1 saturated heterocycles. The third-order valence-electron chi connectivity index (χ3n) is 6.13. The molecule has 2 amide bonds. The third-order valence-corrected chi connectivity index (χ3v) is 7.01. The molecule has 2 N–H and O–H groups in total. The largest absolute Gasteiger partial charge is 0.378 e. The molecule has 0 spiro atoms. The van der Waals surface area contributed by atoms with Crippen LogP contribution in [0, 0.1) is 0 Å². The average Bonchev–Trinajstić information content (AvgIpc) is 3.38. The highest BCUT2D eigenvalue weighted by atomic mass is 32.1. The van der Waals surface area contributed by atoms with Gasteiger partial charge in [-0.1, -0.05) is 36.4 Å². The highest BCUT2D eigenvalue weighted by molar-refractivity contribution is 7.09. The molecule has 0 saturated carbocycles. The second kappa shape index (κ2) is 11.2. The number of amides is 2. The standard InChI is InChI=1S/C26H33N5OS/c1-29(2)22-12-10-21(11-13-22)25(20-28-26(32)27-19-24-9-6-18-33-24)31-16-14-30(15-17-31)23-7-4-3-5-8-23/h3-13,18,25H,14-17,19-20H2,1-2H3,(H2,27,28,32). The molecule has 0 radical (unpaired) electrons. The van der Waals surface area contributed by atoms with Crippen molar-refractivity contribution in [1.29, 1.82) is 0 Å². The van der Waals surface area contributed by atoms with Gasteiger partial charge in [0, 0.05) is 63.1 Å². The van der Waals surface area contributed by atoms with Crippen molar-refractivity contribution in [3.63, 3.8) is 0 Å². The van der Waals surface area contributed by atoms with Crippen molar-refractivity contribution in [3.8, 4) is 0 Å². The fraction of sp³-hybridized carbons (Fsp3) is 0.346. The molecular formula is C26H33N5OS. The summed E-state index contributed by atoms with van der Waals surface area (Å²) in [6.07, 6.45) is 0. The molecule has 174 valence electrons. The lowest BCUT2D eigenvalue weighted by Gasteiger charge is -2.40. The zero-order chi connectivity index (χ0) is 23.0. The second-order valence-electron chi connectivity index (χ2n) is 8.50. The van der Waals surface area contributed by atoms with Gasteiger partial charge in [0.25, 0.3) is 0 Å². The van der Waals surface area contributed by atoms with E-state index < -0.39 is 0 Å². The van der Waals surface area contributed by atoms with Gasteiger partial charge in [0.15, 0.2) is 0 Å². The Morgan fingerprint density at radius 1 is 0.939 bits per heavy atom. The smallest absolute Gasteiger partial charge is 0.315 e. The molecule has 33 heavy (non-hydrogen) atoms. The van der Waals surface area contributed by atoms with Crippen LogP contribution in [-0.4, -0.2) is 57.8 Å². The summed E-state index contributed by atoms with van der Waals surface area (Å²) in [6.45, 7) is 4.98. The number of piperazine rings is 1. The molecule has 3 aromatic rings. The number of carbonyl (C=O) groups is 1. The van der Waals surface area contributed by atoms with Gasteiger partial charge in [-0.05, 0) is 41.3 Å². The Balaban J connectivity index is 1.40. The minimum absolute atomic E-state index is 0.124. The fourth-order valence-corrected chi connectivity index (χ4v) is 4.86. The van der Waals surface area contributed by atoms with Crippen LogP contribution in [0.1, 0.15) is 16.5 Å². The van der Waals surface area contributed by atoms with Crippen LogP contribution >= 0.6 is 11.3 Å². The Hall–Kier alpha value is -3.03. The van der Waals surface area contributed by atoms with E-state index in [1.807, 2.05) is 17.5 Å². The quantitative estimate of drug-likeness (QED) is 0.526. The maximum absolute atomic E-state index is 12.5. The van der Waals surface area contributed by atoms with E-state index in [1.165, 1.54) is 16.9 Å². The Morgan fingerprint density at radius 3 is 2.30 bits per heavy atom. The maximum Gasteiger partial charge on any atom is 0.315 e. The number of para-hydroxylation sites is 1. The van der Waals surface area contributed by atoms with Crippen LogP contribution < -0.4 is 20.4 Å². The average molecular weight is 464 g/mol. The summed E-state index contributed by atoms with van der Waals surface area (Å²) in [5, 5.41) is 8.11. The van der Waals surface area contributed by atoms with Crippen molar-refractivity contribution in [1.82, 2.24) is 15.5 Å². The van der Waals surface area contributed by atoms with E-state index in [4.69, 9.17) is 0 Å². The molecule has 1 aromatic heterocycles. The van der Waals surface area contributed by atoms with Gasteiger partial charge < -0.3 is 20.4 Å². The summed E-state index contributed by atoms with van der Waals surface area (Å²) < 4.78 is 0. The van der Waals surface area contributed by atoms with Gasteiger partial charge in [0.05, 0.1) is 12.6 Å². The van der Waals surface area contributed by atoms with Crippen LogP contribution in [0.2, 0.25) is 0 Å². The number of thiophene rings is 1. The first-order chi connectivity index (χ1) is 16.1. The first-order valence-corrected chi connectivity index (χ1v) is 12.3. The second-order valence-corrected chi connectivity index (χ2v) is 9.54. The minimum atomic E-state index is -0.124. The number of urea groups is 1. The molecule has 0 bridgehead atoms. The van der Waals surface area contributed by atoms with E-state index in [9.17, 15) is 4.79 Å². The summed E-state index contributed by atoms with van der Waals surface area (Å²) in [4.78, 5) is 20.7. The molecule has 1 aliphatic rings. The lowest BCUT2D eigenvalue weighted by molar-refractivity contribution is 0.180. The molecule has 6 nitrogen and oxygen atoms in total. The summed E-state index contributed by atoms with van der Waals surface area (Å²) in [6, 6.07) is 23.3. The third kappa shape index (κ3) is 6.27. The monoisotopic (exact) mass is 463 g/mol. The van der Waals surface area contributed by atoms with Gasteiger partial charge in [-0.2, -0.15) is 0 Å². The van der Waals surface area contributed by atoms with Gasteiger partial charge in [0.1, 0.15) is 0 Å². The van der Waals surface area contributed by atoms with Gasteiger partial charge >= 0.3 is 6.03 Å². The normalized spacial score (nSPS) is 15.2. The highest BCUT2D eigenvalue weighted by Gasteiger charge is 2.26. The Kier molecular flexibility index (Phi) is 7.86. The van der Waals surface area contributed by atoms with E-state index in [-0.39, 0.29) is 12.1 Å². The maximum atomic E-state index is 12.5. The summed E-state index contributed by atoms with van der Waals surface area (Å²) in [5.74, 6) is 0. The van der Waals surface area contributed by atoms with Gasteiger partial charge in [-0.15, -0.1) is 11.3 Å². The predicted molar refractivity (Wildman–Crippen MR) is 138 cm³/mol. The zero-order valence-corrected chi connectivity index (χ0v) is 20.2. The Labute approximate surface area is 200 Å². The Bertz CT molecular complexity index is 983. The van der Waals surface area contributed by atoms with Crippen molar-refractivity contribution >= 4 is 28.7 Å². The van der Waals surface area contributed by atoms with Crippen LogP contribution in [0.4, 0.5) is 16.2 Å². The van der Waals surface area contributed by atoms with E-state index in [1.54, 1.807) is 11.3 Å². The van der Waals surface area contributed by atoms with E-state index in [2.05, 4.69) is 94.0 Å². The van der Waals surface area contributed by atoms with Crippen molar-refractivity contribution in [2.45, 2.75) is 12.6 Å².